The first-order valence-electron chi connectivity index (χ1n) is 5.49. The van der Waals surface area contributed by atoms with E-state index in [4.69, 9.17) is 23.2 Å². The van der Waals surface area contributed by atoms with Crippen molar-refractivity contribution in [3.8, 4) is 0 Å². The molecule has 108 valence electrons. The first-order chi connectivity index (χ1) is 9.90. The fraction of sp³-hybridized carbons (Fsp3) is 0. The van der Waals surface area contributed by atoms with Crippen LogP contribution in [0.3, 0.4) is 0 Å². The van der Waals surface area contributed by atoms with Crippen LogP contribution < -0.4 is 5.32 Å². The van der Waals surface area contributed by atoms with E-state index in [1.54, 1.807) is 18.2 Å². The molecule has 0 unspecified atom stereocenters. The number of fused-ring (bicyclic) bond motifs is 2. The molecule has 0 saturated heterocycles. The Morgan fingerprint density at radius 2 is 1.76 bits per heavy atom. The molecule has 0 saturated carbocycles. The molecule has 1 aliphatic heterocycles. The predicted molar refractivity (Wildman–Crippen MR) is 92.4 cm³/mol. The normalized spacial score (nSPS) is 12.4. The molecule has 1 N–H and O–H groups in total. The zero-order valence-electron chi connectivity index (χ0n) is 9.92. The Balaban J connectivity index is 2.29. The lowest BCUT2D eigenvalue weighted by Gasteiger charge is -2.23. The minimum absolute atomic E-state index is 0.0395. The summed E-state index contributed by atoms with van der Waals surface area (Å²) < 4.78 is 1.11. The molecule has 3 rings (SSSR count). The summed E-state index contributed by atoms with van der Waals surface area (Å²) in [5.74, 6) is 0. The van der Waals surface area contributed by atoms with E-state index in [-0.39, 0.29) is 5.69 Å². The third-order valence-electron chi connectivity index (χ3n) is 2.86. The van der Waals surface area contributed by atoms with Crippen molar-refractivity contribution in [2.45, 2.75) is 9.79 Å². The van der Waals surface area contributed by atoms with Gasteiger partial charge in [-0.25, -0.2) is 0 Å². The lowest BCUT2D eigenvalue weighted by molar-refractivity contribution is -0.384. The average molecular weight is 471 g/mol. The number of hydrogen-bond donors (Lipinski definition) is 1. The van der Waals surface area contributed by atoms with E-state index in [2.05, 4.69) is 37.2 Å². The van der Waals surface area contributed by atoms with Gasteiger partial charge in [-0.05, 0) is 50.1 Å². The molecular weight excluding hydrogens is 467 g/mol. The monoisotopic (exact) mass is 468 g/mol. The quantitative estimate of drug-likeness (QED) is 0.320. The highest BCUT2D eigenvalue weighted by Gasteiger charge is 2.31. The van der Waals surface area contributed by atoms with E-state index in [9.17, 15) is 10.1 Å². The lowest BCUT2D eigenvalue weighted by Crippen LogP contribution is -2.06. The highest BCUT2D eigenvalue weighted by molar-refractivity contribution is 9.11. The van der Waals surface area contributed by atoms with Crippen molar-refractivity contribution < 1.29 is 4.92 Å². The van der Waals surface area contributed by atoms with Crippen LogP contribution in [0.25, 0.3) is 0 Å². The van der Waals surface area contributed by atoms with E-state index in [0.29, 0.717) is 30.8 Å². The summed E-state index contributed by atoms with van der Waals surface area (Å²) in [6.07, 6.45) is 0. The van der Waals surface area contributed by atoms with Crippen LogP contribution in [0.5, 0.6) is 0 Å². The maximum atomic E-state index is 11.3. The molecule has 0 radical (unpaired) electrons. The van der Waals surface area contributed by atoms with Crippen LogP contribution in [0.15, 0.2) is 36.9 Å². The van der Waals surface area contributed by atoms with Gasteiger partial charge in [0.1, 0.15) is 5.69 Å². The second-order valence-corrected chi connectivity index (χ2v) is 7.65. The van der Waals surface area contributed by atoms with Gasteiger partial charge in [0, 0.05) is 4.47 Å². The Morgan fingerprint density at radius 1 is 1.10 bits per heavy atom. The van der Waals surface area contributed by atoms with Crippen LogP contribution in [0.4, 0.5) is 17.1 Å². The van der Waals surface area contributed by atoms with Crippen LogP contribution in [0, 0.1) is 10.1 Å². The van der Waals surface area contributed by atoms with Gasteiger partial charge < -0.3 is 5.32 Å². The number of hydrogen-bond acceptors (Lipinski definition) is 4. The van der Waals surface area contributed by atoms with Crippen molar-refractivity contribution in [2.24, 2.45) is 0 Å². The van der Waals surface area contributed by atoms with Gasteiger partial charge in [0.2, 0.25) is 0 Å². The van der Waals surface area contributed by atoms with Gasteiger partial charge in [0.25, 0.3) is 0 Å². The molecule has 4 nitrogen and oxygen atoms in total. The summed E-state index contributed by atoms with van der Waals surface area (Å²) in [4.78, 5) is 12.3. The molecule has 1 aliphatic rings. The van der Waals surface area contributed by atoms with Crippen molar-refractivity contribution >= 4 is 83.9 Å². The molecule has 0 aromatic heterocycles. The van der Waals surface area contributed by atoms with Crippen molar-refractivity contribution in [3.63, 3.8) is 0 Å². The summed E-state index contributed by atoms with van der Waals surface area (Å²) in [5, 5.41) is 15.4. The molecule has 0 bridgehead atoms. The van der Waals surface area contributed by atoms with Gasteiger partial charge >= 0.3 is 5.69 Å². The Hall–Kier alpha value is -0.470. The van der Waals surface area contributed by atoms with Gasteiger partial charge in [-0.2, -0.15) is 0 Å². The number of nitrogens with one attached hydrogen (secondary N) is 1. The summed E-state index contributed by atoms with van der Waals surface area (Å²) >= 11 is 20.3. The Bertz CT molecular complexity index is 802. The molecule has 0 spiro atoms. The average Bonchev–Trinajstić information content (AvgIpc) is 2.41. The second kappa shape index (κ2) is 5.62. The summed E-state index contributed by atoms with van der Waals surface area (Å²) in [6.45, 7) is 0. The van der Waals surface area contributed by atoms with E-state index in [1.807, 2.05) is 0 Å². The first kappa shape index (κ1) is 15.4. The zero-order chi connectivity index (χ0) is 15.3. The maximum Gasteiger partial charge on any atom is 0.307 e. The maximum absolute atomic E-state index is 11.3. The van der Waals surface area contributed by atoms with Gasteiger partial charge in [0.05, 0.1) is 34.9 Å². The number of halogens is 4. The fourth-order valence-corrected chi connectivity index (χ4v) is 5.08. The van der Waals surface area contributed by atoms with Crippen LogP contribution in [-0.2, 0) is 0 Å². The van der Waals surface area contributed by atoms with Gasteiger partial charge in [-0.15, -0.1) is 0 Å². The van der Waals surface area contributed by atoms with E-state index in [1.165, 1.54) is 11.8 Å². The molecular formula is C12H4Br2Cl2N2O2S. The van der Waals surface area contributed by atoms with Crippen LogP contribution in [0.1, 0.15) is 0 Å². The van der Waals surface area contributed by atoms with E-state index in [0.717, 1.165) is 9.37 Å². The minimum Gasteiger partial charge on any atom is -0.347 e. The SMILES string of the molecule is O=[N+]([O-])c1c(Br)cc(Br)c2c1Nc1c(Cl)ccc(Cl)c1S2. The molecule has 9 heteroatoms. The van der Waals surface area contributed by atoms with Gasteiger partial charge in [0.15, 0.2) is 0 Å². The molecule has 2 aromatic carbocycles. The largest absolute Gasteiger partial charge is 0.347 e. The first-order valence-corrected chi connectivity index (χ1v) is 8.65. The van der Waals surface area contributed by atoms with Gasteiger partial charge in [-0.3, -0.25) is 10.1 Å². The van der Waals surface area contributed by atoms with Gasteiger partial charge in [-0.1, -0.05) is 35.0 Å². The number of nitro groups is 1. The molecule has 1 heterocycles. The fourth-order valence-electron chi connectivity index (χ4n) is 1.96. The van der Waals surface area contributed by atoms with Crippen molar-refractivity contribution in [1.82, 2.24) is 0 Å². The van der Waals surface area contributed by atoms with Crippen LogP contribution in [-0.4, -0.2) is 4.92 Å². The number of benzene rings is 2. The molecule has 21 heavy (non-hydrogen) atoms. The van der Waals surface area contributed by atoms with E-state index < -0.39 is 4.92 Å². The number of nitrogens with zero attached hydrogens (tertiary/aromatic N) is 1. The Morgan fingerprint density at radius 3 is 2.43 bits per heavy atom. The number of nitro benzene ring substituents is 1. The smallest absolute Gasteiger partial charge is 0.307 e. The van der Waals surface area contributed by atoms with Crippen LogP contribution >= 0.6 is 66.8 Å². The molecule has 0 aliphatic carbocycles. The highest BCUT2D eigenvalue weighted by atomic mass is 79.9. The lowest BCUT2D eigenvalue weighted by atomic mass is 10.2. The minimum atomic E-state index is -0.438. The Labute approximate surface area is 150 Å². The highest BCUT2D eigenvalue weighted by Crippen LogP contribution is 2.56. The zero-order valence-corrected chi connectivity index (χ0v) is 15.4. The van der Waals surface area contributed by atoms with Crippen LogP contribution in [0.2, 0.25) is 10.0 Å². The summed E-state index contributed by atoms with van der Waals surface area (Å²) in [5.41, 5.74) is 0.931. The molecule has 0 atom stereocenters. The van der Waals surface area contributed by atoms with E-state index >= 15 is 0 Å². The second-order valence-electron chi connectivity index (χ2n) is 4.11. The third kappa shape index (κ3) is 2.55. The standard InChI is InChI=1S/C12H4Br2Cl2N2O2S/c13-4-3-5(14)11-9(10(4)18(19)20)17-8-6(15)1-2-7(16)12(8)21-11/h1-3,17H. The number of anilines is 2. The summed E-state index contributed by atoms with van der Waals surface area (Å²) in [6, 6.07) is 5.00. The molecule has 0 amide bonds. The predicted octanol–water partition coefficient (Wildman–Crippen LogP) is 6.63. The Kier molecular flexibility index (Phi) is 4.13. The third-order valence-corrected chi connectivity index (χ3v) is 6.35. The summed E-state index contributed by atoms with van der Waals surface area (Å²) in [7, 11) is 0. The van der Waals surface area contributed by atoms with Crippen molar-refractivity contribution in [2.75, 3.05) is 5.32 Å². The molecule has 0 fully saturated rings. The van der Waals surface area contributed by atoms with Crippen molar-refractivity contribution in [1.29, 1.82) is 0 Å². The topological polar surface area (TPSA) is 55.2 Å². The number of rotatable bonds is 1. The molecule has 2 aromatic rings. The van der Waals surface area contributed by atoms with Crippen molar-refractivity contribution in [3.05, 3.63) is 47.3 Å².